The number of fused-ring (bicyclic) bond motifs is 1. The van der Waals surface area contributed by atoms with Crippen LogP contribution in [0.5, 0.6) is 0 Å². The average molecular weight is 206 g/mol. The van der Waals surface area contributed by atoms with E-state index in [-0.39, 0.29) is 0 Å². The number of hydrogen-bond donors (Lipinski definition) is 0. The van der Waals surface area contributed by atoms with Crippen LogP contribution in [0.15, 0.2) is 11.4 Å². The molecule has 74 valence electrons. The fraction of sp³-hybridized carbons (Fsp3) is 0.583. The third-order valence-electron chi connectivity index (χ3n) is 3.78. The summed E-state index contributed by atoms with van der Waals surface area (Å²) in [7, 11) is 0. The Morgan fingerprint density at radius 1 is 1.21 bits per heavy atom. The van der Waals surface area contributed by atoms with Crippen LogP contribution in [0.1, 0.15) is 47.3 Å². The minimum absolute atomic E-state index is 0.370. The van der Waals surface area contributed by atoms with E-state index in [4.69, 9.17) is 0 Å². The van der Waals surface area contributed by atoms with Crippen LogP contribution >= 0.6 is 11.3 Å². The molecule has 2 heteroatoms. The van der Waals surface area contributed by atoms with Gasteiger partial charge in [-0.2, -0.15) is 0 Å². The Balaban J connectivity index is 2.00. The van der Waals surface area contributed by atoms with E-state index < -0.39 is 0 Å². The number of hydrogen-bond acceptors (Lipinski definition) is 2. The molecule has 0 amide bonds. The van der Waals surface area contributed by atoms with Crippen LogP contribution < -0.4 is 0 Å². The Kier molecular flexibility index (Phi) is 1.81. The Morgan fingerprint density at radius 3 is 2.79 bits per heavy atom. The van der Waals surface area contributed by atoms with E-state index in [0.29, 0.717) is 11.2 Å². The summed E-state index contributed by atoms with van der Waals surface area (Å²) in [6.45, 7) is 0. The SMILES string of the molecule is O=C1CC2(CCCC2)Cc2sccc21. The molecule has 1 saturated carbocycles. The van der Waals surface area contributed by atoms with Gasteiger partial charge in [0, 0.05) is 16.9 Å². The lowest BCUT2D eigenvalue weighted by atomic mass is 9.73. The van der Waals surface area contributed by atoms with Gasteiger partial charge in [-0.1, -0.05) is 12.8 Å². The Hall–Kier alpha value is -0.630. The lowest BCUT2D eigenvalue weighted by Gasteiger charge is -2.31. The molecule has 2 aliphatic rings. The maximum absolute atomic E-state index is 11.9. The van der Waals surface area contributed by atoms with Gasteiger partial charge >= 0.3 is 0 Å². The quantitative estimate of drug-likeness (QED) is 0.635. The van der Waals surface area contributed by atoms with Gasteiger partial charge in [0.05, 0.1) is 0 Å². The van der Waals surface area contributed by atoms with E-state index in [1.807, 2.05) is 6.07 Å². The number of carbonyl (C=O) groups is 1. The smallest absolute Gasteiger partial charge is 0.164 e. The van der Waals surface area contributed by atoms with Crippen molar-refractivity contribution in [2.45, 2.75) is 38.5 Å². The molecule has 1 fully saturated rings. The summed E-state index contributed by atoms with van der Waals surface area (Å²) in [5, 5.41) is 2.07. The molecule has 0 aromatic carbocycles. The number of ketones is 1. The van der Waals surface area contributed by atoms with E-state index in [2.05, 4.69) is 5.38 Å². The van der Waals surface area contributed by atoms with Gasteiger partial charge in [0.25, 0.3) is 0 Å². The first-order valence-corrected chi connectivity index (χ1v) is 6.27. The molecule has 3 rings (SSSR count). The molecule has 0 unspecified atom stereocenters. The van der Waals surface area contributed by atoms with Gasteiger partial charge in [0.1, 0.15) is 0 Å². The summed E-state index contributed by atoms with van der Waals surface area (Å²) in [5.74, 6) is 0.398. The van der Waals surface area contributed by atoms with Crippen molar-refractivity contribution in [3.63, 3.8) is 0 Å². The highest BCUT2D eigenvalue weighted by molar-refractivity contribution is 7.10. The van der Waals surface area contributed by atoms with Crippen LogP contribution in [0.25, 0.3) is 0 Å². The average Bonchev–Trinajstić information content (AvgIpc) is 2.75. The van der Waals surface area contributed by atoms with Crippen molar-refractivity contribution in [2.24, 2.45) is 5.41 Å². The third-order valence-corrected chi connectivity index (χ3v) is 4.70. The van der Waals surface area contributed by atoms with Crippen LogP contribution in [0.3, 0.4) is 0 Å². The van der Waals surface area contributed by atoms with Crippen LogP contribution in [0.2, 0.25) is 0 Å². The molecule has 0 atom stereocenters. The van der Waals surface area contributed by atoms with Crippen LogP contribution in [-0.4, -0.2) is 5.78 Å². The maximum atomic E-state index is 11.9. The first-order valence-electron chi connectivity index (χ1n) is 5.39. The highest BCUT2D eigenvalue weighted by atomic mass is 32.1. The van der Waals surface area contributed by atoms with Crippen molar-refractivity contribution in [1.29, 1.82) is 0 Å². The molecule has 1 spiro atoms. The van der Waals surface area contributed by atoms with Gasteiger partial charge < -0.3 is 0 Å². The molecule has 0 bridgehead atoms. The molecule has 1 aromatic heterocycles. The van der Waals surface area contributed by atoms with Gasteiger partial charge in [-0.05, 0) is 36.1 Å². The summed E-state index contributed by atoms with van der Waals surface area (Å²) in [5.41, 5.74) is 1.39. The molecule has 0 saturated heterocycles. The van der Waals surface area contributed by atoms with Crippen LogP contribution in [-0.2, 0) is 6.42 Å². The second kappa shape index (κ2) is 2.93. The summed E-state index contributed by atoms with van der Waals surface area (Å²) in [6.07, 6.45) is 7.19. The highest BCUT2D eigenvalue weighted by Gasteiger charge is 2.40. The number of rotatable bonds is 0. The maximum Gasteiger partial charge on any atom is 0.164 e. The highest BCUT2D eigenvalue weighted by Crippen LogP contribution is 2.48. The zero-order chi connectivity index (χ0) is 9.60. The predicted octanol–water partition coefficient (Wildman–Crippen LogP) is 3.44. The second-order valence-corrected chi connectivity index (χ2v) is 5.74. The fourth-order valence-corrected chi connectivity index (χ4v) is 4.11. The summed E-state index contributed by atoms with van der Waals surface area (Å²) in [6, 6.07) is 2.00. The minimum atomic E-state index is 0.370. The number of Topliss-reactive ketones (excluding diaryl/α,β-unsaturated/α-hetero) is 1. The summed E-state index contributed by atoms with van der Waals surface area (Å²) >= 11 is 1.77. The molecule has 0 aliphatic heterocycles. The van der Waals surface area contributed by atoms with Gasteiger partial charge in [-0.3, -0.25) is 4.79 Å². The third kappa shape index (κ3) is 1.17. The summed E-state index contributed by atoms with van der Waals surface area (Å²) < 4.78 is 0. The lowest BCUT2D eigenvalue weighted by Crippen LogP contribution is -2.28. The largest absolute Gasteiger partial charge is 0.294 e. The second-order valence-electron chi connectivity index (χ2n) is 4.74. The lowest BCUT2D eigenvalue weighted by molar-refractivity contribution is 0.0891. The summed E-state index contributed by atoms with van der Waals surface area (Å²) in [4.78, 5) is 13.3. The van der Waals surface area contributed by atoms with E-state index in [1.54, 1.807) is 11.3 Å². The molecule has 14 heavy (non-hydrogen) atoms. The van der Waals surface area contributed by atoms with Crippen molar-refractivity contribution >= 4 is 17.1 Å². The first kappa shape index (κ1) is 8.66. The van der Waals surface area contributed by atoms with Gasteiger partial charge in [0.2, 0.25) is 0 Å². The van der Waals surface area contributed by atoms with E-state index >= 15 is 0 Å². The number of thiophene rings is 1. The Morgan fingerprint density at radius 2 is 2.00 bits per heavy atom. The molecule has 1 heterocycles. The van der Waals surface area contributed by atoms with E-state index in [0.717, 1.165) is 12.0 Å². The molecule has 0 radical (unpaired) electrons. The molecule has 0 N–H and O–H groups in total. The molecular formula is C12H14OS. The van der Waals surface area contributed by atoms with Gasteiger partial charge in [0.15, 0.2) is 5.78 Å². The van der Waals surface area contributed by atoms with Crippen molar-refractivity contribution in [1.82, 2.24) is 0 Å². The standard InChI is InChI=1S/C12H14OS/c13-10-7-12(4-1-2-5-12)8-11-9(10)3-6-14-11/h3,6H,1-2,4-5,7-8H2. The molecular weight excluding hydrogens is 192 g/mol. The van der Waals surface area contributed by atoms with E-state index in [9.17, 15) is 4.79 Å². The minimum Gasteiger partial charge on any atom is -0.294 e. The monoisotopic (exact) mass is 206 g/mol. The fourth-order valence-electron chi connectivity index (χ4n) is 3.04. The molecule has 1 nitrogen and oxygen atoms in total. The number of carbonyl (C=O) groups excluding carboxylic acids is 1. The Labute approximate surface area is 88.1 Å². The van der Waals surface area contributed by atoms with Crippen LogP contribution in [0, 0.1) is 5.41 Å². The zero-order valence-electron chi connectivity index (χ0n) is 8.21. The van der Waals surface area contributed by atoms with Crippen LogP contribution in [0.4, 0.5) is 0 Å². The zero-order valence-corrected chi connectivity index (χ0v) is 9.03. The first-order chi connectivity index (χ1) is 6.79. The van der Waals surface area contributed by atoms with Crippen molar-refractivity contribution in [2.75, 3.05) is 0 Å². The van der Waals surface area contributed by atoms with Crippen molar-refractivity contribution in [3.05, 3.63) is 21.9 Å². The van der Waals surface area contributed by atoms with E-state index in [1.165, 1.54) is 37.0 Å². The van der Waals surface area contributed by atoms with Crippen molar-refractivity contribution < 1.29 is 4.79 Å². The van der Waals surface area contributed by atoms with Crippen molar-refractivity contribution in [3.8, 4) is 0 Å². The molecule has 2 aliphatic carbocycles. The predicted molar refractivity (Wildman–Crippen MR) is 57.9 cm³/mol. The van der Waals surface area contributed by atoms with Gasteiger partial charge in [-0.15, -0.1) is 11.3 Å². The molecule has 1 aromatic rings. The Bertz CT molecular complexity index is 371. The normalized spacial score (nSPS) is 24.1. The van der Waals surface area contributed by atoms with Gasteiger partial charge in [-0.25, -0.2) is 0 Å². The topological polar surface area (TPSA) is 17.1 Å².